The number of alkyl halides is 3. The number of rotatable bonds is 4. The van der Waals surface area contributed by atoms with Crippen molar-refractivity contribution in [2.24, 2.45) is 5.73 Å². The lowest BCUT2D eigenvalue weighted by Crippen LogP contribution is -2.28. The molecular formula is C14H18F3NO2. The molecule has 1 saturated heterocycles. The summed E-state index contributed by atoms with van der Waals surface area (Å²) in [4.78, 5) is 0. The lowest BCUT2D eigenvalue weighted by Gasteiger charge is -2.25. The summed E-state index contributed by atoms with van der Waals surface area (Å²) < 4.78 is 49.5. The number of halogens is 3. The van der Waals surface area contributed by atoms with Crippen molar-refractivity contribution in [3.63, 3.8) is 0 Å². The quantitative estimate of drug-likeness (QED) is 0.927. The molecule has 2 rings (SSSR count). The van der Waals surface area contributed by atoms with Gasteiger partial charge in [-0.05, 0) is 24.5 Å². The van der Waals surface area contributed by atoms with Crippen LogP contribution in [0.4, 0.5) is 13.2 Å². The Morgan fingerprint density at radius 1 is 1.25 bits per heavy atom. The maximum absolute atomic E-state index is 12.9. The summed E-state index contributed by atoms with van der Waals surface area (Å²) >= 11 is 0. The fourth-order valence-electron chi connectivity index (χ4n) is 2.25. The Morgan fingerprint density at radius 3 is 2.55 bits per heavy atom. The molecule has 1 fully saturated rings. The Kier molecular flexibility index (Phi) is 5.01. The molecule has 0 radical (unpaired) electrons. The first-order chi connectivity index (χ1) is 9.48. The van der Waals surface area contributed by atoms with Crippen LogP contribution in [0.5, 0.6) is 0 Å². The zero-order chi connectivity index (χ0) is 14.6. The summed E-state index contributed by atoms with van der Waals surface area (Å²) in [6, 6.07) is 4.58. The molecule has 1 heterocycles. The van der Waals surface area contributed by atoms with E-state index in [9.17, 15) is 13.2 Å². The van der Waals surface area contributed by atoms with Gasteiger partial charge in [0.15, 0.2) is 0 Å². The second-order valence-corrected chi connectivity index (χ2v) is 4.84. The number of hydrogen-bond acceptors (Lipinski definition) is 3. The van der Waals surface area contributed by atoms with E-state index in [1.54, 1.807) is 6.07 Å². The van der Waals surface area contributed by atoms with Gasteiger partial charge in [-0.1, -0.05) is 18.2 Å². The van der Waals surface area contributed by atoms with Gasteiger partial charge < -0.3 is 15.2 Å². The highest BCUT2D eigenvalue weighted by Gasteiger charge is 2.34. The van der Waals surface area contributed by atoms with Gasteiger partial charge in [-0.15, -0.1) is 0 Å². The monoisotopic (exact) mass is 289 g/mol. The van der Waals surface area contributed by atoms with Crippen LogP contribution in [0.15, 0.2) is 24.3 Å². The minimum absolute atomic E-state index is 0.0212. The van der Waals surface area contributed by atoms with Gasteiger partial charge in [-0.25, -0.2) is 0 Å². The Labute approximate surface area is 115 Å². The van der Waals surface area contributed by atoms with Crippen LogP contribution in [0.3, 0.4) is 0 Å². The molecule has 1 aliphatic heterocycles. The maximum atomic E-state index is 12.9. The Bertz CT molecular complexity index is 431. The summed E-state index contributed by atoms with van der Waals surface area (Å²) in [5.74, 6) is 0. The average molecular weight is 289 g/mol. The van der Waals surface area contributed by atoms with Gasteiger partial charge in [0.25, 0.3) is 0 Å². The van der Waals surface area contributed by atoms with Crippen LogP contribution >= 0.6 is 0 Å². The fraction of sp³-hybridized carbons (Fsp3) is 0.571. The molecule has 112 valence electrons. The third-order valence-electron chi connectivity index (χ3n) is 3.35. The minimum atomic E-state index is -4.40. The van der Waals surface area contributed by atoms with E-state index in [4.69, 9.17) is 15.2 Å². The molecule has 0 amide bonds. The van der Waals surface area contributed by atoms with E-state index in [1.165, 1.54) is 12.1 Å². The zero-order valence-corrected chi connectivity index (χ0v) is 11.0. The standard InChI is InChI=1S/C14H18F3NO2/c15-14(16,17)12-4-2-1-3-11(12)13(18)9-20-10-5-7-19-8-6-10/h1-4,10,13H,5-9,18H2. The Morgan fingerprint density at radius 2 is 1.90 bits per heavy atom. The van der Waals surface area contributed by atoms with E-state index in [2.05, 4.69) is 0 Å². The van der Waals surface area contributed by atoms with Crippen LogP contribution in [0, 0.1) is 0 Å². The highest BCUT2D eigenvalue weighted by Crippen LogP contribution is 2.34. The molecule has 1 atom stereocenters. The largest absolute Gasteiger partial charge is 0.416 e. The molecule has 0 bridgehead atoms. The normalized spacial score (nSPS) is 19.0. The number of ether oxygens (including phenoxy) is 2. The van der Waals surface area contributed by atoms with Gasteiger partial charge in [-0.2, -0.15) is 13.2 Å². The topological polar surface area (TPSA) is 44.5 Å². The number of hydrogen-bond donors (Lipinski definition) is 1. The van der Waals surface area contributed by atoms with E-state index in [0.717, 1.165) is 18.9 Å². The van der Waals surface area contributed by atoms with Gasteiger partial charge >= 0.3 is 6.18 Å². The molecule has 2 N–H and O–H groups in total. The van der Waals surface area contributed by atoms with E-state index < -0.39 is 17.8 Å². The molecule has 6 heteroatoms. The van der Waals surface area contributed by atoms with Crippen LogP contribution < -0.4 is 5.73 Å². The third-order valence-corrected chi connectivity index (χ3v) is 3.35. The van der Waals surface area contributed by atoms with E-state index in [-0.39, 0.29) is 18.3 Å². The predicted octanol–water partition coefficient (Wildman–Crippen LogP) is 2.90. The van der Waals surface area contributed by atoms with Gasteiger partial charge in [0.2, 0.25) is 0 Å². The summed E-state index contributed by atoms with van der Waals surface area (Å²) in [5, 5.41) is 0. The molecule has 20 heavy (non-hydrogen) atoms. The van der Waals surface area contributed by atoms with Crippen molar-refractivity contribution in [1.29, 1.82) is 0 Å². The molecule has 3 nitrogen and oxygen atoms in total. The second-order valence-electron chi connectivity index (χ2n) is 4.84. The first-order valence-electron chi connectivity index (χ1n) is 6.59. The third kappa shape index (κ3) is 3.94. The number of nitrogens with two attached hydrogens (primary N) is 1. The molecule has 1 aromatic rings. The molecule has 0 aliphatic carbocycles. The van der Waals surface area contributed by atoms with Gasteiger partial charge in [0.05, 0.1) is 24.3 Å². The van der Waals surface area contributed by atoms with Crippen LogP contribution in [0.25, 0.3) is 0 Å². The number of benzene rings is 1. The summed E-state index contributed by atoms with van der Waals surface area (Å²) in [6.45, 7) is 1.33. The van der Waals surface area contributed by atoms with Crippen LogP contribution in [0.2, 0.25) is 0 Å². The summed E-state index contributed by atoms with van der Waals surface area (Å²) in [7, 11) is 0. The van der Waals surface area contributed by atoms with E-state index in [1.807, 2.05) is 0 Å². The van der Waals surface area contributed by atoms with Crippen LogP contribution in [-0.4, -0.2) is 25.9 Å². The Balaban J connectivity index is 2.00. The smallest absolute Gasteiger partial charge is 0.381 e. The molecule has 1 aromatic carbocycles. The molecular weight excluding hydrogens is 271 g/mol. The maximum Gasteiger partial charge on any atom is 0.416 e. The zero-order valence-electron chi connectivity index (χ0n) is 11.0. The van der Waals surface area contributed by atoms with Crippen molar-refractivity contribution >= 4 is 0 Å². The van der Waals surface area contributed by atoms with E-state index >= 15 is 0 Å². The van der Waals surface area contributed by atoms with Crippen molar-refractivity contribution in [3.8, 4) is 0 Å². The molecule has 0 aromatic heterocycles. The van der Waals surface area contributed by atoms with Gasteiger partial charge in [0, 0.05) is 13.2 Å². The lowest BCUT2D eigenvalue weighted by atomic mass is 10.0. The second kappa shape index (κ2) is 6.56. The first kappa shape index (κ1) is 15.3. The van der Waals surface area contributed by atoms with Gasteiger partial charge in [-0.3, -0.25) is 0 Å². The average Bonchev–Trinajstić information content (AvgIpc) is 2.45. The Hall–Kier alpha value is -1.11. The fourth-order valence-corrected chi connectivity index (χ4v) is 2.25. The van der Waals surface area contributed by atoms with Crippen LogP contribution in [0.1, 0.15) is 30.0 Å². The minimum Gasteiger partial charge on any atom is -0.381 e. The molecule has 1 aliphatic rings. The van der Waals surface area contributed by atoms with Crippen LogP contribution in [-0.2, 0) is 15.7 Å². The molecule has 0 spiro atoms. The SMILES string of the molecule is NC(COC1CCOCC1)c1ccccc1C(F)(F)F. The molecule has 1 unspecified atom stereocenters. The predicted molar refractivity (Wildman–Crippen MR) is 68.2 cm³/mol. The highest BCUT2D eigenvalue weighted by molar-refractivity contribution is 5.32. The summed E-state index contributed by atoms with van der Waals surface area (Å²) in [5.41, 5.74) is 5.24. The first-order valence-corrected chi connectivity index (χ1v) is 6.59. The van der Waals surface area contributed by atoms with Crippen molar-refractivity contribution in [3.05, 3.63) is 35.4 Å². The summed E-state index contributed by atoms with van der Waals surface area (Å²) in [6.07, 6.45) is -2.86. The van der Waals surface area contributed by atoms with Gasteiger partial charge in [0.1, 0.15) is 0 Å². The van der Waals surface area contributed by atoms with E-state index in [0.29, 0.717) is 13.2 Å². The van der Waals surface area contributed by atoms with Crippen molar-refractivity contribution in [2.45, 2.75) is 31.2 Å². The highest BCUT2D eigenvalue weighted by atomic mass is 19.4. The molecule has 0 saturated carbocycles. The lowest BCUT2D eigenvalue weighted by molar-refractivity contribution is -0.138. The van der Waals surface area contributed by atoms with Crippen molar-refractivity contribution in [2.75, 3.05) is 19.8 Å². The van der Waals surface area contributed by atoms with Crippen molar-refractivity contribution in [1.82, 2.24) is 0 Å². The van der Waals surface area contributed by atoms with Crippen molar-refractivity contribution < 1.29 is 22.6 Å².